The lowest BCUT2D eigenvalue weighted by molar-refractivity contribution is -0.265. The molecule has 0 spiro atoms. The second-order valence-electron chi connectivity index (χ2n) is 5.85. The molecule has 0 aliphatic rings. The number of nitrogens with zero attached hydrogens (tertiary/aromatic N) is 1. The third-order valence-electron chi connectivity index (χ3n) is 3.79. The van der Waals surface area contributed by atoms with Crippen LogP contribution in [0.1, 0.15) is 16.3 Å². The number of thiophene rings is 1. The first-order valence-electron chi connectivity index (χ1n) is 8.63. The van der Waals surface area contributed by atoms with Crippen LogP contribution in [0, 0.1) is 0 Å². The van der Waals surface area contributed by atoms with Gasteiger partial charge in [-0.25, -0.2) is 4.79 Å². The maximum atomic E-state index is 12.2. The maximum absolute atomic E-state index is 12.2. The van der Waals surface area contributed by atoms with Crippen LogP contribution < -0.4 is 0 Å². The molecular weight excluding hydrogens is 449 g/mol. The van der Waals surface area contributed by atoms with Crippen molar-refractivity contribution in [1.29, 1.82) is 0 Å². The zero-order chi connectivity index (χ0) is 20.6. The van der Waals surface area contributed by atoms with E-state index in [4.69, 9.17) is 33.0 Å². The summed E-state index contributed by atoms with van der Waals surface area (Å²) < 4.78 is 0. The standard InChI is InChI=1S/C21H17Cl2NO3S2/c1-14(21(25)27-26-11-10-16-6-4-12-28-16)19-9-2-5-15(24-19)13-29-20-17(22)7-3-8-18(20)23/h2-9,12H,1,10-11,13H2. The molecule has 3 aromatic rings. The van der Waals surface area contributed by atoms with Crippen molar-refractivity contribution < 1.29 is 14.6 Å². The van der Waals surface area contributed by atoms with Gasteiger partial charge in [0.15, 0.2) is 0 Å². The van der Waals surface area contributed by atoms with E-state index in [1.54, 1.807) is 35.6 Å². The van der Waals surface area contributed by atoms with Crippen molar-refractivity contribution in [2.75, 3.05) is 6.61 Å². The quantitative estimate of drug-likeness (QED) is 0.119. The predicted octanol–water partition coefficient (Wildman–Crippen LogP) is 6.47. The van der Waals surface area contributed by atoms with Crippen LogP contribution in [0.5, 0.6) is 0 Å². The molecule has 0 amide bonds. The summed E-state index contributed by atoms with van der Waals surface area (Å²) in [5.41, 5.74) is 1.32. The Morgan fingerprint density at radius 1 is 1.10 bits per heavy atom. The van der Waals surface area contributed by atoms with Gasteiger partial charge in [0, 0.05) is 21.9 Å². The molecule has 29 heavy (non-hydrogen) atoms. The highest BCUT2D eigenvalue weighted by molar-refractivity contribution is 7.98. The lowest BCUT2D eigenvalue weighted by atomic mass is 10.2. The fourth-order valence-corrected chi connectivity index (χ4v) is 4.62. The molecule has 0 saturated heterocycles. The molecule has 0 aliphatic heterocycles. The van der Waals surface area contributed by atoms with E-state index >= 15 is 0 Å². The third kappa shape index (κ3) is 6.32. The molecule has 4 nitrogen and oxygen atoms in total. The molecule has 0 N–H and O–H groups in total. The first-order valence-corrected chi connectivity index (χ1v) is 11.2. The lowest BCUT2D eigenvalue weighted by Crippen LogP contribution is -2.10. The Morgan fingerprint density at radius 2 is 1.86 bits per heavy atom. The van der Waals surface area contributed by atoms with Crippen molar-refractivity contribution >= 4 is 57.8 Å². The fourth-order valence-electron chi connectivity index (χ4n) is 2.34. The average molecular weight is 466 g/mol. The van der Waals surface area contributed by atoms with Gasteiger partial charge in [-0.3, -0.25) is 9.87 Å². The van der Waals surface area contributed by atoms with Gasteiger partial charge in [0.05, 0.1) is 33.6 Å². The molecule has 0 radical (unpaired) electrons. The van der Waals surface area contributed by atoms with Gasteiger partial charge < -0.3 is 0 Å². The summed E-state index contributed by atoms with van der Waals surface area (Å²) in [5.74, 6) is -0.126. The van der Waals surface area contributed by atoms with Crippen molar-refractivity contribution in [3.63, 3.8) is 0 Å². The summed E-state index contributed by atoms with van der Waals surface area (Å²) in [6.07, 6.45) is 0.674. The zero-order valence-corrected chi connectivity index (χ0v) is 18.4. The minimum atomic E-state index is -0.664. The van der Waals surface area contributed by atoms with Gasteiger partial charge in [-0.15, -0.1) is 23.1 Å². The SMILES string of the molecule is C=C(C(=O)OOCCc1cccs1)c1cccc(CSc2c(Cl)cccc2Cl)n1. The van der Waals surface area contributed by atoms with Crippen LogP contribution in [0.4, 0.5) is 0 Å². The molecule has 1 aromatic carbocycles. The van der Waals surface area contributed by atoms with Crippen molar-refractivity contribution in [3.8, 4) is 0 Å². The molecule has 0 fully saturated rings. The van der Waals surface area contributed by atoms with E-state index < -0.39 is 5.97 Å². The number of carbonyl (C=O) groups is 1. The van der Waals surface area contributed by atoms with Crippen molar-refractivity contribution in [1.82, 2.24) is 4.98 Å². The third-order valence-corrected chi connectivity index (χ3v) is 6.75. The Kier molecular flexibility index (Phi) is 8.15. The minimum Gasteiger partial charge on any atom is -0.293 e. The molecule has 2 heterocycles. The molecule has 0 aliphatic carbocycles. The monoisotopic (exact) mass is 465 g/mol. The summed E-state index contributed by atoms with van der Waals surface area (Å²) in [7, 11) is 0. The summed E-state index contributed by atoms with van der Waals surface area (Å²) in [4.78, 5) is 28.4. The fraction of sp³-hybridized carbons (Fsp3) is 0.143. The zero-order valence-electron chi connectivity index (χ0n) is 15.3. The van der Waals surface area contributed by atoms with Gasteiger partial charge in [-0.05, 0) is 35.7 Å². The van der Waals surface area contributed by atoms with E-state index in [1.807, 2.05) is 29.6 Å². The highest BCUT2D eigenvalue weighted by Gasteiger charge is 2.15. The number of carbonyl (C=O) groups excluding carboxylic acids is 1. The van der Waals surface area contributed by atoms with E-state index in [-0.39, 0.29) is 12.2 Å². The Morgan fingerprint density at radius 3 is 2.59 bits per heavy atom. The summed E-state index contributed by atoms with van der Waals surface area (Å²) in [6, 6.07) is 14.7. The Bertz CT molecular complexity index is 973. The summed E-state index contributed by atoms with van der Waals surface area (Å²) in [5, 5.41) is 3.16. The number of hydrogen-bond donors (Lipinski definition) is 0. The molecule has 2 aromatic heterocycles. The van der Waals surface area contributed by atoms with E-state index in [9.17, 15) is 4.79 Å². The van der Waals surface area contributed by atoms with Crippen LogP contribution in [0.15, 0.2) is 65.4 Å². The molecule has 0 saturated carbocycles. The summed E-state index contributed by atoms with van der Waals surface area (Å²) in [6.45, 7) is 4.06. The van der Waals surface area contributed by atoms with Crippen molar-refractivity contribution in [2.24, 2.45) is 0 Å². The Balaban J connectivity index is 1.53. The Hall–Kier alpha value is -1.83. The topological polar surface area (TPSA) is 48.4 Å². The highest BCUT2D eigenvalue weighted by Crippen LogP contribution is 2.35. The molecule has 150 valence electrons. The second kappa shape index (κ2) is 10.8. The number of halogens is 2. The summed E-state index contributed by atoms with van der Waals surface area (Å²) >= 11 is 15.5. The molecule has 0 bridgehead atoms. The molecule has 8 heteroatoms. The van der Waals surface area contributed by atoms with Gasteiger partial charge >= 0.3 is 5.97 Å². The van der Waals surface area contributed by atoms with Gasteiger partial charge in [-0.2, -0.15) is 4.89 Å². The van der Waals surface area contributed by atoms with Crippen LogP contribution in [0.2, 0.25) is 10.0 Å². The number of hydrogen-bond acceptors (Lipinski definition) is 6. The van der Waals surface area contributed by atoms with Crippen LogP contribution in [0.25, 0.3) is 5.57 Å². The van der Waals surface area contributed by atoms with E-state index in [1.165, 1.54) is 11.8 Å². The van der Waals surface area contributed by atoms with Crippen LogP contribution in [-0.2, 0) is 26.7 Å². The molecule has 0 unspecified atom stereocenters. The van der Waals surface area contributed by atoms with E-state index in [0.29, 0.717) is 27.9 Å². The first kappa shape index (κ1) is 21.9. The maximum Gasteiger partial charge on any atom is 0.374 e. The number of rotatable bonds is 9. The smallest absolute Gasteiger partial charge is 0.293 e. The van der Waals surface area contributed by atoms with Crippen LogP contribution in [0.3, 0.4) is 0 Å². The number of benzene rings is 1. The van der Waals surface area contributed by atoms with Gasteiger partial charge in [0.25, 0.3) is 0 Å². The molecule has 3 rings (SSSR count). The molecule has 0 atom stereocenters. The largest absolute Gasteiger partial charge is 0.374 e. The molecular formula is C21H17Cl2NO3S2. The van der Waals surface area contributed by atoms with Gasteiger partial charge in [0.2, 0.25) is 0 Å². The van der Waals surface area contributed by atoms with Gasteiger partial charge in [-0.1, -0.05) is 48.0 Å². The van der Waals surface area contributed by atoms with E-state index in [2.05, 4.69) is 11.6 Å². The number of pyridine rings is 1. The number of aromatic nitrogens is 1. The van der Waals surface area contributed by atoms with Crippen LogP contribution in [-0.4, -0.2) is 17.6 Å². The van der Waals surface area contributed by atoms with E-state index in [0.717, 1.165) is 15.5 Å². The van der Waals surface area contributed by atoms with Crippen molar-refractivity contribution in [3.05, 3.63) is 86.8 Å². The number of thioether (sulfide) groups is 1. The first-order chi connectivity index (χ1) is 14.0. The second-order valence-corrected chi connectivity index (χ2v) is 8.69. The normalized spacial score (nSPS) is 10.7. The van der Waals surface area contributed by atoms with Gasteiger partial charge in [0.1, 0.15) is 0 Å². The minimum absolute atomic E-state index is 0.128. The van der Waals surface area contributed by atoms with Crippen LogP contribution >= 0.6 is 46.3 Å². The lowest BCUT2D eigenvalue weighted by Gasteiger charge is -2.08. The van der Waals surface area contributed by atoms with Crippen molar-refractivity contribution in [2.45, 2.75) is 17.1 Å². The average Bonchev–Trinajstić information content (AvgIpc) is 3.24. The predicted molar refractivity (Wildman–Crippen MR) is 119 cm³/mol. The highest BCUT2D eigenvalue weighted by atomic mass is 35.5. The Labute approximate surface area is 187 Å².